The van der Waals surface area contributed by atoms with Crippen LogP contribution < -0.4 is 0 Å². The van der Waals surface area contributed by atoms with E-state index < -0.39 is 5.97 Å². The van der Waals surface area contributed by atoms with Crippen molar-refractivity contribution in [3.05, 3.63) is 17.5 Å². The zero-order valence-corrected chi connectivity index (χ0v) is 9.50. The second-order valence-corrected chi connectivity index (χ2v) is 4.39. The zero-order chi connectivity index (χ0) is 12.3. The van der Waals surface area contributed by atoms with E-state index >= 15 is 0 Å². The molecule has 2 N–H and O–H groups in total. The average Bonchev–Trinajstić information content (AvgIpc) is 2.79. The van der Waals surface area contributed by atoms with Crippen molar-refractivity contribution in [3.63, 3.8) is 0 Å². The Kier molecular flexibility index (Phi) is 3.75. The van der Waals surface area contributed by atoms with Gasteiger partial charge >= 0.3 is 5.97 Å². The standard InChI is InChI=1S/C11H16N2O4/c14-7-8-1-3-13(4-2-8)6-9-5-10(11(15)16)12-17-9/h5,8,14H,1-4,6-7H2,(H,15,16). The Morgan fingerprint density at radius 3 is 2.76 bits per heavy atom. The highest BCUT2D eigenvalue weighted by atomic mass is 16.5. The first kappa shape index (κ1) is 12.1. The summed E-state index contributed by atoms with van der Waals surface area (Å²) in [6, 6.07) is 1.46. The van der Waals surface area contributed by atoms with Crippen molar-refractivity contribution in [2.75, 3.05) is 19.7 Å². The molecule has 2 rings (SSSR count). The van der Waals surface area contributed by atoms with E-state index in [0.717, 1.165) is 25.9 Å². The van der Waals surface area contributed by atoms with E-state index in [-0.39, 0.29) is 12.3 Å². The fourth-order valence-electron chi connectivity index (χ4n) is 2.04. The Balaban J connectivity index is 1.86. The summed E-state index contributed by atoms with van der Waals surface area (Å²) in [6.07, 6.45) is 1.94. The largest absolute Gasteiger partial charge is 0.476 e. The third kappa shape index (κ3) is 3.04. The predicted octanol–water partition coefficient (Wildman–Crippen LogP) is 0.577. The molecule has 0 spiro atoms. The van der Waals surface area contributed by atoms with Gasteiger partial charge in [0.15, 0.2) is 11.5 Å². The van der Waals surface area contributed by atoms with Gasteiger partial charge in [0.05, 0.1) is 6.54 Å². The van der Waals surface area contributed by atoms with E-state index in [1.165, 1.54) is 6.07 Å². The SMILES string of the molecule is O=C(O)c1cc(CN2CCC(CO)CC2)on1. The lowest BCUT2D eigenvalue weighted by atomic mass is 9.98. The highest BCUT2D eigenvalue weighted by molar-refractivity contribution is 5.85. The number of hydrogen-bond acceptors (Lipinski definition) is 5. The molecule has 0 unspecified atom stereocenters. The van der Waals surface area contributed by atoms with E-state index in [2.05, 4.69) is 10.1 Å². The molecule has 1 saturated heterocycles. The summed E-state index contributed by atoms with van der Waals surface area (Å²) in [5.41, 5.74) is -0.0507. The maximum absolute atomic E-state index is 10.6. The number of aromatic carboxylic acids is 1. The van der Waals surface area contributed by atoms with Gasteiger partial charge in [-0.25, -0.2) is 4.79 Å². The lowest BCUT2D eigenvalue weighted by Gasteiger charge is -2.30. The Bertz CT molecular complexity index is 383. The normalized spacial score (nSPS) is 18.4. The quantitative estimate of drug-likeness (QED) is 0.800. The smallest absolute Gasteiger partial charge is 0.358 e. The number of carboxylic acid groups (broad SMARTS) is 1. The number of aliphatic hydroxyl groups is 1. The molecule has 17 heavy (non-hydrogen) atoms. The van der Waals surface area contributed by atoms with Crippen LogP contribution in [0.15, 0.2) is 10.6 Å². The predicted molar refractivity (Wildman–Crippen MR) is 58.5 cm³/mol. The number of hydrogen-bond donors (Lipinski definition) is 2. The van der Waals surface area contributed by atoms with Gasteiger partial charge in [-0.2, -0.15) is 0 Å². The van der Waals surface area contributed by atoms with Gasteiger partial charge in [0, 0.05) is 12.7 Å². The number of aromatic nitrogens is 1. The zero-order valence-electron chi connectivity index (χ0n) is 9.50. The Morgan fingerprint density at radius 1 is 1.53 bits per heavy atom. The number of piperidine rings is 1. The first-order chi connectivity index (χ1) is 8.19. The molecule has 1 aliphatic heterocycles. The molecule has 0 atom stereocenters. The van der Waals surface area contributed by atoms with Gasteiger partial charge < -0.3 is 14.7 Å². The van der Waals surface area contributed by atoms with Crippen LogP contribution in [0.2, 0.25) is 0 Å². The highest BCUT2D eigenvalue weighted by Gasteiger charge is 2.20. The Morgan fingerprint density at radius 2 is 2.24 bits per heavy atom. The molecule has 1 aliphatic rings. The van der Waals surface area contributed by atoms with Crippen LogP contribution in [0.3, 0.4) is 0 Å². The lowest BCUT2D eigenvalue weighted by molar-refractivity contribution is 0.0685. The summed E-state index contributed by atoms with van der Waals surface area (Å²) in [5, 5.41) is 21.2. The molecular weight excluding hydrogens is 224 g/mol. The fourth-order valence-corrected chi connectivity index (χ4v) is 2.04. The Labute approximate surface area is 98.8 Å². The maximum atomic E-state index is 10.6. The first-order valence-electron chi connectivity index (χ1n) is 5.71. The molecular formula is C11H16N2O4. The van der Waals surface area contributed by atoms with E-state index in [0.29, 0.717) is 18.2 Å². The minimum absolute atomic E-state index is 0.0507. The van der Waals surface area contributed by atoms with Crippen molar-refractivity contribution < 1.29 is 19.5 Å². The number of carbonyl (C=O) groups is 1. The van der Waals surface area contributed by atoms with Crippen LogP contribution in [0, 0.1) is 5.92 Å². The van der Waals surface area contributed by atoms with E-state index in [4.69, 9.17) is 14.7 Å². The molecule has 2 heterocycles. The van der Waals surface area contributed by atoms with Crippen molar-refractivity contribution in [3.8, 4) is 0 Å². The van der Waals surface area contributed by atoms with Gasteiger partial charge in [-0.05, 0) is 31.8 Å². The number of aliphatic hydroxyl groups excluding tert-OH is 1. The van der Waals surface area contributed by atoms with Crippen molar-refractivity contribution >= 4 is 5.97 Å². The van der Waals surface area contributed by atoms with Crippen LogP contribution in [0.5, 0.6) is 0 Å². The number of rotatable bonds is 4. The molecule has 0 aromatic carbocycles. The van der Waals surface area contributed by atoms with Gasteiger partial charge in [0.1, 0.15) is 0 Å². The fraction of sp³-hybridized carbons (Fsp3) is 0.636. The van der Waals surface area contributed by atoms with Crippen molar-refractivity contribution in [1.29, 1.82) is 0 Å². The van der Waals surface area contributed by atoms with Crippen LogP contribution in [-0.4, -0.2) is 45.9 Å². The summed E-state index contributed by atoms with van der Waals surface area (Å²) in [7, 11) is 0. The van der Waals surface area contributed by atoms with Gasteiger partial charge in [0.25, 0.3) is 0 Å². The van der Waals surface area contributed by atoms with E-state index in [1.54, 1.807) is 0 Å². The second kappa shape index (κ2) is 5.29. The summed E-state index contributed by atoms with van der Waals surface area (Å²) >= 11 is 0. The minimum atomic E-state index is -1.07. The van der Waals surface area contributed by atoms with Crippen LogP contribution in [0.25, 0.3) is 0 Å². The average molecular weight is 240 g/mol. The van der Waals surface area contributed by atoms with Gasteiger partial charge in [-0.1, -0.05) is 5.16 Å². The molecule has 1 aromatic rings. The highest BCUT2D eigenvalue weighted by Crippen LogP contribution is 2.18. The molecule has 0 saturated carbocycles. The summed E-state index contributed by atoms with van der Waals surface area (Å²) in [4.78, 5) is 12.8. The topological polar surface area (TPSA) is 86.8 Å². The number of carboxylic acids is 1. The monoisotopic (exact) mass is 240 g/mol. The molecule has 1 fully saturated rings. The molecule has 94 valence electrons. The number of likely N-dealkylation sites (tertiary alicyclic amines) is 1. The molecule has 0 amide bonds. The minimum Gasteiger partial charge on any atom is -0.476 e. The Hall–Kier alpha value is -1.40. The summed E-state index contributed by atoms with van der Waals surface area (Å²) < 4.78 is 4.96. The van der Waals surface area contributed by atoms with Gasteiger partial charge in [0.2, 0.25) is 0 Å². The first-order valence-corrected chi connectivity index (χ1v) is 5.71. The maximum Gasteiger partial charge on any atom is 0.358 e. The summed E-state index contributed by atoms with van der Waals surface area (Å²) in [6.45, 7) is 2.63. The van der Waals surface area contributed by atoms with Crippen LogP contribution in [0.4, 0.5) is 0 Å². The molecule has 0 bridgehead atoms. The van der Waals surface area contributed by atoms with Crippen molar-refractivity contribution in [2.45, 2.75) is 19.4 Å². The lowest BCUT2D eigenvalue weighted by Crippen LogP contribution is -2.34. The van der Waals surface area contributed by atoms with Gasteiger partial charge in [-0.15, -0.1) is 0 Å². The third-order valence-electron chi connectivity index (χ3n) is 3.12. The second-order valence-electron chi connectivity index (χ2n) is 4.39. The van der Waals surface area contributed by atoms with Crippen LogP contribution in [-0.2, 0) is 6.54 Å². The van der Waals surface area contributed by atoms with Crippen molar-refractivity contribution in [2.24, 2.45) is 5.92 Å². The third-order valence-corrected chi connectivity index (χ3v) is 3.12. The molecule has 0 radical (unpaired) electrons. The molecule has 6 nitrogen and oxygen atoms in total. The number of nitrogens with zero attached hydrogens (tertiary/aromatic N) is 2. The molecule has 0 aliphatic carbocycles. The van der Waals surface area contributed by atoms with Crippen LogP contribution in [0.1, 0.15) is 29.1 Å². The molecule has 1 aromatic heterocycles. The summed E-state index contributed by atoms with van der Waals surface area (Å²) in [5.74, 6) is -0.0978. The van der Waals surface area contributed by atoms with E-state index in [1.807, 2.05) is 0 Å². The van der Waals surface area contributed by atoms with Crippen LogP contribution >= 0.6 is 0 Å². The van der Waals surface area contributed by atoms with Crippen molar-refractivity contribution in [1.82, 2.24) is 10.1 Å². The molecule has 6 heteroatoms. The van der Waals surface area contributed by atoms with Gasteiger partial charge in [-0.3, -0.25) is 4.90 Å². The van der Waals surface area contributed by atoms with E-state index in [9.17, 15) is 4.79 Å².